The molecular formula is C18H20N4O5S. The van der Waals surface area contributed by atoms with Crippen molar-refractivity contribution < 1.29 is 23.9 Å². The number of hydrogen-bond donors (Lipinski definition) is 1. The number of carbonyl (C=O) groups is 4. The van der Waals surface area contributed by atoms with Gasteiger partial charge in [-0.15, -0.1) is 11.3 Å². The van der Waals surface area contributed by atoms with Crippen LogP contribution in [0.3, 0.4) is 0 Å². The van der Waals surface area contributed by atoms with Crippen LogP contribution in [0.4, 0.5) is 4.79 Å². The van der Waals surface area contributed by atoms with Gasteiger partial charge in [-0.3, -0.25) is 19.3 Å². The Balaban J connectivity index is 1.48. The van der Waals surface area contributed by atoms with Crippen LogP contribution >= 0.6 is 11.3 Å². The van der Waals surface area contributed by atoms with Crippen LogP contribution in [0.25, 0.3) is 0 Å². The summed E-state index contributed by atoms with van der Waals surface area (Å²) in [4.78, 5) is 53.8. The van der Waals surface area contributed by atoms with Crippen molar-refractivity contribution in [1.29, 1.82) is 5.26 Å². The van der Waals surface area contributed by atoms with Crippen LogP contribution in [0.1, 0.15) is 48.7 Å². The largest absolute Gasteiger partial charge is 0.458 e. The number of nitriles is 1. The van der Waals surface area contributed by atoms with Crippen LogP contribution in [0.2, 0.25) is 0 Å². The first-order valence-electron chi connectivity index (χ1n) is 9.00. The molecule has 1 spiro atoms. The van der Waals surface area contributed by atoms with Gasteiger partial charge in [-0.25, -0.2) is 9.78 Å². The number of ketones is 1. The van der Waals surface area contributed by atoms with E-state index in [2.05, 4.69) is 10.3 Å². The highest BCUT2D eigenvalue weighted by Gasteiger charge is 2.52. The Kier molecular flexibility index (Phi) is 5.74. The predicted molar refractivity (Wildman–Crippen MR) is 97.2 cm³/mol. The highest BCUT2D eigenvalue weighted by Crippen LogP contribution is 2.35. The van der Waals surface area contributed by atoms with E-state index in [0.717, 1.165) is 17.7 Å². The van der Waals surface area contributed by atoms with Gasteiger partial charge >= 0.3 is 12.0 Å². The second-order valence-corrected chi connectivity index (χ2v) is 7.83. The van der Waals surface area contributed by atoms with Gasteiger partial charge in [0.1, 0.15) is 10.5 Å². The number of hydrogen-bond acceptors (Lipinski definition) is 8. The van der Waals surface area contributed by atoms with E-state index in [-0.39, 0.29) is 18.9 Å². The molecule has 1 N–H and O–H groups in total. The molecule has 1 aliphatic heterocycles. The molecule has 0 unspecified atom stereocenters. The first kappa shape index (κ1) is 19.9. The lowest BCUT2D eigenvalue weighted by Crippen LogP contribution is -2.44. The number of Topliss-reactive ketones (excluding diaryl/α,β-unsaturated/α-hetero) is 1. The Morgan fingerprint density at radius 3 is 2.75 bits per heavy atom. The lowest BCUT2D eigenvalue weighted by molar-refractivity contribution is -0.148. The first-order valence-corrected chi connectivity index (χ1v) is 9.88. The molecule has 3 amide bonds. The van der Waals surface area contributed by atoms with Crippen molar-refractivity contribution in [3.05, 3.63) is 16.1 Å². The molecule has 2 fully saturated rings. The molecule has 1 atom stereocenters. The summed E-state index contributed by atoms with van der Waals surface area (Å²) in [5.41, 5.74) is -0.110. The number of carbonyl (C=O) groups excluding carboxylic acids is 4. The molecule has 1 aliphatic carbocycles. The molecular weight excluding hydrogens is 384 g/mol. The van der Waals surface area contributed by atoms with Crippen molar-refractivity contribution >= 4 is 35.0 Å². The fourth-order valence-corrected chi connectivity index (χ4v) is 4.34. The summed E-state index contributed by atoms with van der Waals surface area (Å²) < 4.78 is 4.93. The molecule has 9 nitrogen and oxygen atoms in total. The van der Waals surface area contributed by atoms with Crippen LogP contribution in [-0.4, -0.2) is 52.3 Å². The zero-order valence-electron chi connectivity index (χ0n) is 15.4. The van der Waals surface area contributed by atoms with Crippen LogP contribution in [0.5, 0.6) is 0 Å². The number of aromatic nitrogens is 1. The average Bonchev–Trinajstić information content (AvgIpc) is 3.35. The van der Waals surface area contributed by atoms with Crippen molar-refractivity contribution in [3.8, 4) is 6.07 Å². The highest BCUT2D eigenvalue weighted by molar-refractivity contribution is 7.09. The molecule has 2 heterocycles. The van der Waals surface area contributed by atoms with Gasteiger partial charge in [0.05, 0.1) is 12.5 Å². The van der Waals surface area contributed by atoms with E-state index in [0.29, 0.717) is 23.5 Å². The number of thiazole rings is 1. The summed E-state index contributed by atoms with van der Waals surface area (Å²) in [5, 5.41) is 14.0. The Hall–Kier alpha value is -2.80. The summed E-state index contributed by atoms with van der Waals surface area (Å²) in [7, 11) is 0. The molecule has 1 saturated heterocycles. The summed E-state index contributed by atoms with van der Waals surface area (Å²) in [6, 6.07) is 1.37. The van der Waals surface area contributed by atoms with Gasteiger partial charge in [0.2, 0.25) is 0 Å². The van der Waals surface area contributed by atoms with Crippen LogP contribution in [0, 0.1) is 18.3 Å². The van der Waals surface area contributed by atoms with E-state index in [4.69, 9.17) is 4.74 Å². The minimum Gasteiger partial charge on any atom is -0.458 e. The Morgan fingerprint density at radius 1 is 1.43 bits per heavy atom. The van der Waals surface area contributed by atoms with Gasteiger partial charge in [0.25, 0.3) is 5.91 Å². The third-order valence-electron chi connectivity index (χ3n) is 4.95. The van der Waals surface area contributed by atoms with E-state index < -0.39 is 35.8 Å². The molecule has 3 rings (SSSR count). The molecule has 1 saturated carbocycles. The number of urea groups is 1. The minimum absolute atomic E-state index is 0.104. The van der Waals surface area contributed by atoms with Crippen LogP contribution in [0.15, 0.2) is 5.38 Å². The molecule has 0 aromatic carbocycles. The summed E-state index contributed by atoms with van der Waals surface area (Å²) in [6.45, 7) is 1.09. The Labute approximate surface area is 165 Å². The number of imide groups is 1. The molecule has 0 radical (unpaired) electrons. The molecule has 28 heavy (non-hydrogen) atoms. The quantitative estimate of drug-likeness (QED) is 0.537. The van der Waals surface area contributed by atoms with Crippen molar-refractivity contribution in [2.75, 3.05) is 13.2 Å². The Morgan fingerprint density at radius 2 is 2.14 bits per heavy atom. The van der Waals surface area contributed by atoms with Gasteiger partial charge in [0, 0.05) is 17.6 Å². The maximum atomic E-state index is 12.5. The van der Waals surface area contributed by atoms with Crippen molar-refractivity contribution in [1.82, 2.24) is 15.2 Å². The second-order valence-electron chi connectivity index (χ2n) is 6.94. The number of amides is 3. The monoisotopic (exact) mass is 404 g/mol. The minimum atomic E-state index is -1.08. The maximum Gasteiger partial charge on any atom is 0.325 e. The zero-order valence-corrected chi connectivity index (χ0v) is 16.2. The molecule has 148 valence electrons. The van der Waals surface area contributed by atoms with E-state index in [1.54, 1.807) is 12.3 Å². The lowest BCUT2D eigenvalue weighted by Gasteiger charge is -2.19. The smallest absolute Gasteiger partial charge is 0.325 e. The molecule has 1 aromatic heterocycles. The van der Waals surface area contributed by atoms with E-state index in [9.17, 15) is 24.4 Å². The molecule has 2 aliphatic rings. The third kappa shape index (κ3) is 3.89. The number of esters is 1. The summed E-state index contributed by atoms with van der Waals surface area (Å²) >= 11 is 1.20. The normalized spacial score (nSPS) is 18.8. The number of ether oxygens (including phenoxy) is 1. The van der Waals surface area contributed by atoms with Gasteiger partial charge in [-0.2, -0.15) is 5.26 Å². The van der Waals surface area contributed by atoms with E-state index in [1.807, 2.05) is 6.07 Å². The highest BCUT2D eigenvalue weighted by atomic mass is 32.1. The fourth-order valence-electron chi connectivity index (χ4n) is 3.48. The van der Waals surface area contributed by atoms with Crippen molar-refractivity contribution in [2.45, 2.75) is 50.5 Å². The first-order chi connectivity index (χ1) is 13.4. The molecule has 10 heteroatoms. The van der Waals surface area contributed by atoms with E-state index >= 15 is 0 Å². The topological polar surface area (TPSA) is 129 Å². The van der Waals surface area contributed by atoms with Gasteiger partial charge in [-0.1, -0.05) is 12.8 Å². The third-order valence-corrected chi connectivity index (χ3v) is 5.98. The number of aryl methyl sites for hydroxylation is 1. The number of nitrogens with one attached hydrogen (secondary N) is 1. The second kappa shape index (κ2) is 8.06. The number of rotatable bonds is 7. The van der Waals surface area contributed by atoms with Crippen molar-refractivity contribution in [3.63, 3.8) is 0 Å². The summed E-state index contributed by atoms with van der Waals surface area (Å²) in [6.07, 6.45) is 2.76. The molecule has 1 aromatic rings. The zero-order chi connectivity index (χ0) is 20.3. The summed E-state index contributed by atoms with van der Waals surface area (Å²) in [5.74, 6) is -2.67. The van der Waals surface area contributed by atoms with Crippen LogP contribution < -0.4 is 5.32 Å². The standard InChI is InChI=1S/C18H20N4O5S/c1-11-10-28-15(20-11)12(8-19)13(23)9-27-14(24)4-7-22-16(25)18(21-17(22)26)5-2-3-6-18/h10,12H,2-7,9H2,1H3,(H,21,26)/t12-/m1/s1. The molecule has 0 bridgehead atoms. The van der Waals surface area contributed by atoms with E-state index in [1.165, 1.54) is 11.3 Å². The van der Waals surface area contributed by atoms with Gasteiger partial charge < -0.3 is 10.1 Å². The van der Waals surface area contributed by atoms with Crippen LogP contribution in [-0.2, 0) is 19.1 Å². The lowest BCUT2D eigenvalue weighted by atomic mass is 9.98. The maximum absolute atomic E-state index is 12.5. The fraction of sp³-hybridized carbons (Fsp3) is 0.556. The van der Waals surface area contributed by atoms with Gasteiger partial charge in [-0.05, 0) is 19.8 Å². The number of nitrogens with zero attached hydrogens (tertiary/aromatic N) is 3. The SMILES string of the molecule is Cc1csc([C@H](C#N)C(=O)COC(=O)CCN2C(=O)NC3(CCCC3)C2=O)n1. The average molecular weight is 404 g/mol. The predicted octanol–water partition coefficient (Wildman–Crippen LogP) is 1.43. The Bertz CT molecular complexity index is 852. The van der Waals surface area contributed by atoms with Crippen molar-refractivity contribution in [2.24, 2.45) is 0 Å². The van der Waals surface area contributed by atoms with Gasteiger partial charge in [0.15, 0.2) is 18.3 Å².